The van der Waals surface area contributed by atoms with Gasteiger partial charge in [0.1, 0.15) is 0 Å². The van der Waals surface area contributed by atoms with Crippen molar-refractivity contribution in [3.05, 3.63) is 11.8 Å². The second-order valence-electron chi connectivity index (χ2n) is 5.74. The normalized spacial score (nSPS) is 18.1. The molecule has 0 bridgehead atoms. The molecular formula is C16H28N5O+. The highest BCUT2D eigenvalue weighted by atomic mass is 16.3. The van der Waals surface area contributed by atoms with Gasteiger partial charge in [0.2, 0.25) is 18.1 Å². The number of anilines is 2. The van der Waals surface area contributed by atoms with Gasteiger partial charge in [-0.3, -0.25) is 4.58 Å². The molecule has 22 heavy (non-hydrogen) atoms. The number of piperidine rings is 1. The van der Waals surface area contributed by atoms with Crippen LogP contribution in [0.4, 0.5) is 11.8 Å². The molecule has 0 amide bonds. The Morgan fingerprint density at radius 2 is 2.14 bits per heavy atom. The average Bonchev–Trinajstić information content (AvgIpc) is 2.55. The molecule has 0 spiro atoms. The highest BCUT2D eigenvalue weighted by molar-refractivity contribution is 5.72. The third-order valence-electron chi connectivity index (χ3n) is 3.94. The van der Waals surface area contributed by atoms with Gasteiger partial charge in [-0.2, -0.15) is 4.98 Å². The summed E-state index contributed by atoms with van der Waals surface area (Å²) in [7, 11) is 0. The first-order valence-electron chi connectivity index (χ1n) is 8.34. The van der Waals surface area contributed by atoms with Gasteiger partial charge >= 0.3 is 0 Å². The Bertz CT molecular complexity index is 493. The predicted molar refractivity (Wildman–Crippen MR) is 89.7 cm³/mol. The first kappa shape index (κ1) is 16.7. The van der Waals surface area contributed by atoms with Crippen molar-refractivity contribution in [1.29, 1.82) is 0 Å². The second kappa shape index (κ2) is 8.68. The van der Waals surface area contributed by atoms with E-state index in [2.05, 4.69) is 39.0 Å². The Morgan fingerprint density at radius 3 is 2.82 bits per heavy atom. The minimum atomic E-state index is -0.149. The first-order chi connectivity index (χ1) is 10.7. The lowest BCUT2D eigenvalue weighted by Crippen LogP contribution is -2.31. The van der Waals surface area contributed by atoms with E-state index >= 15 is 0 Å². The fourth-order valence-electron chi connectivity index (χ4n) is 2.42. The van der Waals surface area contributed by atoms with Gasteiger partial charge in [0.15, 0.2) is 0 Å². The van der Waals surface area contributed by atoms with Crippen molar-refractivity contribution in [1.82, 2.24) is 9.97 Å². The molecule has 3 N–H and O–H groups in total. The molecule has 6 nitrogen and oxygen atoms in total. The van der Waals surface area contributed by atoms with E-state index < -0.39 is 0 Å². The quantitative estimate of drug-likeness (QED) is 0.407. The van der Waals surface area contributed by atoms with Crippen LogP contribution in [0.5, 0.6) is 0 Å². The summed E-state index contributed by atoms with van der Waals surface area (Å²) in [6.07, 6.45) is 8.52. The largest absolute Gasteiger partial charge is 0.393 e. The molecule has 6 heteroatoms. The molecule has 1 saturated heterocycles. The summed E-state index contributed by atoms with van der Waals surface area (Å²) in [6.45, 7) is 6.92. The summed E-state index contributed by atoms with van der Waals surface area (Å²) in [4.78, 5) is 8.94. The zero-order valence-electron chi connectivity index (χ0n) is 13.7. The molecule has 1 fully saturated rings. The Kier molecular flexibility index (Phi) is 6.58. The van der Waals surface area contributed by atoms with Crippen LogP contribution in [0.3, 0.4) is 0 Å². The molecule has 0 unspecified atom stereocenters. The van der Waals surface area contributed by atoms with Crippen LogP contribution in [0.1, 0.15) is 45.1 Å². The summed E-state index contributed by atoms with van der Waals surface area (Å²) >= 11 is 0. The lowest BCUT2D eigenvalue weighted by atomic mass is 10.1. The summed E-state index contributed by atoms with van der Waals surface area (Å²) in [5.41, 5.74) is 1.11. The number of aliphatic hydroxyl groups is 1. The Hall–Kier alpha value is -1.69. The maximum absolute atomic E-state index is 9.54. The summed E-state index contributed by atoms with van der Waals surface area (Å²) < 4.78 is 2.19. The number of aromatic nitrogens is 2. The molecule has 2 heterocycles. The lowest BCUT2D eigenvalue weighted by Gasteiger charge is -2.18. The molecule has 1 aromatic heterocycles. The molecular weight excluding hydrogens is 278 g/mol. The molecule has 1 aromatic rings. The molecule has 0 aromatic carbocycles. The predicted octanol–water partition coefficient (Wildman–Crippen LogP) is 1.86. The fourth-order valence-corrected chi connectivity index (χ4v) is 2.42. The van der Waals surface area contributed by atoms with Gasteiger partial charge < -0.3 is 10.4 Å². The molecule has 0 radical (unpaired) electrons. The van der Waals surface area contributed by atoms with Crippen molar-refractivity contribution in [2.24, 2.45) is 0 Å². The van der Waals surface area contributed by atoms with Crippen molar-refractivity contribution in [3.8, 4) is 0 Å². The standard InChI is InChI=1S/C16H27N5O/c1-3-5-8-17-16-18-11-13(4-2)15(20-16)19-12-21-9-6-14(22)7-10-21/h11-12,14,22H,3-10H2,1-2H3,(H,17,18,20)/p+1. The van der Waals surface area contributed by atoms with Crippen LogP contribution in [0, 0.1) is 0 Å². The molecule has 1 aliphatic rings. The summed E-state index contributed by atoms with van der Waals surface area (Å²) in [6, 6.07) is 0. The Morgan fingerprint density at radius 1 is 1.36 bits per heavy atom. The number of aliphatic hydroxyl groups excluding tert-OH is 1. The van der Waals surface area contributed by atoms with Gasteiger partial charge in [0, 0.05) is 31.1 Å². The highest BCUT2D eigenvalue weighted by Crippen LogP contribution is 2.14. The number of hydrogen-bond donors (Lipinski definition) is 3. The van der Waals surface area contributed by atoms with Crippen molar-refractivity contribution >= 4 is 18.1 Å². The molecule has 0 atom stereocenters. The lowest BCUT2D eigenvalue weighted by molar-refractivity contribution is -0.537. The van der Waals surface area contributed by atoms with Crippen LogP contribution in [-0.2, 0) is 6.42 Å². The topological polar surface area (TPSA) is 73.1 Å². The SMILES string of the molecule is CCCCNc1ncc(CC)c(NC=[N+]2CCC(O)CC2)n1. The van der Waals surface area contributed by atoms with Gasteiger partial charge in [0.05, 0.1) is 19.2 Å². The van der Waals surface area contributed by atoms with E-state index in [0.717, 1.165) is 63.1 Å². The maximum atomic E-state index is 9.54. The van der Waals surface area contributed by atoms with Gasteiger partial charge in [-0.1, -0.05) is 20.3 Å². The van der Waals surface area contributed by atoms with Crippen LogP contribution in [0.15, 0.2) is 6.20 Å². The number of aryl methyl sites for hydroxylation is 1. The number of hydrogen-bond acceptors (Lipinski definition) is 4. The van der Waals surface area contributed by atoms with Gasteiger partial charge in [-0.15, -0.1) is 0 Å². The van der Waals surface area contributed by atoms with E-state index in [4.69, 9.17) is 0 Å². The second-order valence-corrected chi connectivity index (χ2v) is 5.74. The summed E-state index contributed by atoms with van der Waals surface area (Å²) in [5.74, 6) is 1.54. The van der Waals surface area contributed by atoms with Gasteiger partial charge in [-0.25, -0.2) is 10.3 Å². The van der Waals surface area contributed by atoms with Crippen LogP contribution in [0.2, 0.25) is 0 Å². The minimum Gasteiger partial charge on any atom is -0.393 e. The van der Waals surface area contributed by atoms with Crippen LogP contribution >= 0.6 is 0 Å². The zero-order chi connectivity index (χ0) is 15.8. The van der Waals surface area contributed by atoms with E-state index in [1.54, 1.807) is 0 Å². The average molecular weight is 306 g/mol. The van der Waals surface area contributed by atoms with Crippen LogP contribution in [0.25, 0.3) is 0 Å². The maximum Gasteiger partial charge on any atom is 0.238 e. The number of nitrogens with one attached hydrogen (secondary N) is 2. The number of unbranched alkanes of at least 4 members (excludes halogenated alkanes) is 1. The molecule has 1 aliphatic heterocycles. The van der Waals surface area contributed by atoms with E-state index in [-0.39, 0.29) is 6.10 Å². The first-order valence-corrected chi connectivity index (χ1v) is 8.34. The van der Waals surface area contributed by atoms with Crippen molar-refractivity contribution in [2.75, 3.05) is 30.3 Å². The molecule has 2 rings (SSSR count). The number of rotatable bonds is 7. The molecule has 0 saturated carbocycles. The smallest absolute Gasteiger partial charge is 0.238 e. The van der Waals surface area contributed by atoms with Crippen LogP contribution < -0.4 is 10.6 Å². The third-order valence-corrected chi connectivity index (χ3v) is 3.94. The molecule has 0 aliphatic carbocycles. The zero-order valence-corrected chi connectivity index (χ0v) is 13.7. The monoisotopic (exact) mass is 306 g/mol. The van der Waals surface area contributed by atoms with Crippen molar-refractivity contribution in [3.63, 3.8) is 0 Å². The Balaban J connectivity index is 2.01. The third kappa shape index (κ3) is 4.94. The summed E-state index contributed by atoms with van der Waals surface area (Å²) in [5, 5.41) is 16.1. The fraction of sp³-hybridized carbons (Fsp3) is 0.688. The van der Waals surface area contributed by atoms with Crippen molar-refractivity contribution < 1.29 is 9.68 Å². The van der Waals surface area contributed by atoms with Gasteiger partial charge in [0.25, 0.3) is 0 Å². The molecule has 122 valence electrons. The van der Waals surface area contributed by atoms with Gasteiger partial charge in [-0.05, 0) is 12.8 Å². The van der Waals surface area contributed by atoms with Crippen molar-refractivity contribution in [2.45, 2.75) is 52.1 Å². The number of nitrogens with zero attached hydrogens (tertiary/aromatic N) is 3. The van der Waals surface area contributed by atoms with Crippen LogP contribution in [-0.4, -0.2) is 51.7 Å². The van der Waals surface area contributed by atoms with E-state index in [9.17, 15) is 5.11 Å². The minimum absolute atomic E-state index is 0.149. The highest BCUT2D eigenvalue weighted by Gasteiger charge is 2.16. The Labute approximate surface area is 132 Å². The van der Waals surface area contributed by atoms with E-state index in [1.165, 1.54) is 0 Å². The van der Waals surface area contributed by atoms with E-state index in [0.29, 0.717) is 5.95 Å². The van der Waals surface area contributed by atoms with E-state index in [1.807, 2.05) is 12.5 Å².